The van der Waals surface area contributed by atoms with Crippen LogP contribution in [0.1, 0.15) is 42.0 Å². The van der Waals surface area contributed by atoms with Gasteiger partial charge in [-0.2, -0.15) is 0 Å². The van der Waals surface area contributed by atoms with Crippen molar-refractivity contribution in [3.05, 3.63) is 47.5 Å². The average Bonchev–Trinajstić information content (AvgIpc) is 3.28. The smallest absolute Gasteiger partial charge is 0.239 e. The van der Waals surface area contributed by atoms with Crippen molar-refractivity contribution in [3.63, 3.8) is 0 Å². The summed E-state index contributed by atoms with van der Waals surface area (Å²) in [4.78, 5) is 14.1. The molecule has 1 saturated carbocycles. The summed E-state index contributed by atoms with van der Waals surface area (Å²) in [5.74, 6) is 2.33. The molecule has 2 N–H and O–H groups in total. The molecule has 1 fully saturated rings. The third-order valence-corrected chi connectivity index (χ3v) is 4.50. The quantitative estimate of drug-likeness (QED) is 0.920. The molecule has 2 aliphatic rings. The molecule has 0 saturated heterocycles. The molecule has 2 heterocycles. The van der Waals surface area contributed by atoms with Crippen LogP contribution in [0, 0.1) is 0 Å². The van der Waals surface area contributed by atoms with Gasteiger partial charge >= 0.3 is 0 Å². The van der Waals surface area contributed by atoms with E-state index in [2.05, 4.69) is 19.7 Å². The second-order valence-electron chi connectivity index (χ2n) is 6.09. The highest BCUT2D eigenvalue weighted by molar-refractivity contribution is 5.81. The number of carbonyl (C=O) groups excluding carboxylic acids is 1. The molecule has 22 heavy (non-hydrogen) atoms. The maximum Gasteiger partial charge on any atom is 0.239 e. The van der Waals surface area contributed by atoms with Gasteiger partial charge in [-0.25, -0.2) is 0 Å². The SMILES string of the molecule is NC(=O)[C@@H](c1ccccc1)N1CCn2c(nnc2C2CC2)C1. The van der Waals surface area contributed by atoms with E-state index in [1.165, 1.54) is 12.8 Å². The van der Waals surface area contributed by atoms with E-state index in [4.69, 9.17) is 5.73 Å². The van der Waals surface area contributed by atoms with Crippen LogP contribution in [0.2, 0.25) is 0 Å². The third-order valence-electron chi connectivity index (χ3n) is 4.50. The molecule has 2 aromatic rings. The molecule has 0 radical (unpaired) electrons. The molecule has 6 nitrogen and oxygen atoms in total. The van der Waals surface area contributed by atoms with Crippen molar-refractivity contribution in [2.24, 2.45) is 5.73 Å². The van der Waals surface area contributed by atoms with Gasteiger partial charge in [0, 0.05) is 19.0 Å². The van der Waals surface area contributed by atoms with E-state index in [1.54, 1.807) is 0 Å². The summed E-state index contributed by atoms with van der Waals surface area (Å²) in [6, 6.07) is 9.30. The molecular formula is C16H19N5O. The third kappa shape index (κ3) is 2.29. The molecule has 1 aromatic carbocycles. The first-order valence-corrected chi connectivity index (χ1v) is 7.74. The summed E-state index contributed by atoms with van der Waals surface area (Å²) in [5.41, 5.74) is 6.60. The summed E-state index contributed by atoms with van der Waals surface area (Å²) < 4.78 is 2.22. The van der Waals surface area contributed by atoms with E-state index in [9.17, 15) is 4.79 Å². The molecular weight excluding hydrogens is 278 g/mol. The number of benzene rings is 1. The second-order valence-corrected chi connectivity index (χ2v) is 6.09. The number of nitrogens with two attached hydrogens (primary N) is 1. The van der Waals surface area contributed by atoms with Crippen molar-refractivity contribution in [2.75, 3.05) is 6.54 Å². The fourth-order valence-electron chi connectivity index (χ4n) is 3.25. The van der Waals surface area contributed by atoms with Crippen LogP contribution in [0.3, 0.4) is 0 Å². The topological polar surface area (TPSA) is 77.0 Å². The molecule has 0 unspecified atom stereocenters. The van der Waals surface area contributed by atoms with Crippen molar-refractivity contribution in [2.45, 2.75) is 37.9 Å². The first kappa shape index (κ1) is 13.5. The number of hydrogen-bond acceptors (Lipinski definition) is 4. The Morgan fingerprint density at radius 3 is 2.64 bits per heavy atom. The largest absolute Gasteiger partial charge is 0.368 e. The van der Waals surface area contributed by atoms with E-state index in [1.807, 2.05) is 30.3 Å². The summed E-state index contributed by atoms with van der Waals surface area (Å²) in [7, 11) is 0. The molecule has 114 valence electrons. The first-order valence-electron chi connectivity index (χ1n) is 7.74. The molecule has 0 spiro atoms. The van der Waals surface area contributed by atoms with Crippen LogP contribution in [0.4, 0.5) is 0 Å². The summed E-state index contributed by atoms with van der Waals surface area (Å²) in [6.45, 7) is 2.22. The van der Waals surface area contributed by atoms with E-state index in [0.29, 0.717) is 12.5 Å². The van der Waals surface area contributed by atoms with Gasteiger partial charge < -0.3 is 10.3 Å². The highest BCUT2D eigenvalue weighted by atomic mass is 16.1. The number of amides is 1. The van der Waals surface area contributed by atoms with Crippen molar-refractivity contribution in [3.8, 4) is 0 Å². The summed E-state index contributed by atoms with van der Waals surface area (Å²) in [5, 5.41) is 8.66. The van der Waals surface area contributed by atoms with Crippen LogP contribution in [-0.4, -0.2) is 32.1 Å². The van der Waals surface area contributed by atoms with Crippen LogP contribution in [-0.2, 0) is 17.9 Å². The van der Waals surface area contributed by atoms with Crippen molar-refractivity contribution < 1.29 is 4.79 Å². The van der Waals surface area contributed by atoms with Gasteiger partial charge in [-0.1, -0.05) is 30.3 Å². The van der Waals surface area contributed by atoms with E-state index in [0.717, 1.165) is 30.3 Å². The lowest BCUT2D eigenvalue weighted by Gasteiger charge is -2.33. The van der Waals surface area contributed by atoms with Gasteiger partial charge in [0.2, 0.25) is 5.91 Å². The minimum absolute atomic E-state index is 0.318. The van der Waals surface area contributed by atoms with Crippen LogP contribution in [0.5, 0.6) is 0 Å². The molecule has 0 bridgehead atoms. The number of hydrogen-bond donors (Lipinski definition) is 1. The number of nitrogens with zero attached hydrogens (tertiary/aromatic N) is 4. The van der Waals surface area contributed by atoms with Gasteiger partial charge in [0.05, 0.1) is 6.54 Å². The normalized spacial score (nSPS) is 19.6. The summed E-state index contributed by atoms with van der Waals surface area (Å²) >= 11 is 0. The molecule has 4 rings (SSSR count). The van der Waals surface area contributed by atoms with E-state index in [-0.39, 0.29) is 5.91 Å². The zero-order chi connectivity index (χ0) is 15.1. The minimum atomic E-state index is -0.406. The van der Waals surface area contributed by atoms with Gasteiger partial charge in [-0.05, 0) is 18.4 Å². The summed E-state index contributed by atoms with van der Waals surface area (Å²) in [6.07, 6.45) is 2.44. The van der Waals surface area contributed by atoms with Gasteiger partial charge in [-0.15, -0.1) is 10.2 Å². The average molecular weight is 297 g/mol. The fraction of sp³-hybridized carbons (Fsp3) is 0.438. The number of rotatable bonds is 4. The Morgan fingerprint density at radius 2 is 1.95 bits per heavy atom. The van der Waals surface area contributed by atoms with Crippen molar-refractivity contribution in [1.29, 1.82) is 0 Å². The highest BCUT2D eigenvalue weighted by Gasteiger charge is 2.34. The second kappa shape index (κ2) is 5.21. The Bertz CT molecular complexity index is 692. The Hall–Kier alpha value is -2.21. The van der Waals surface area contributed by atoms with Crippen LogP contribution in [0.25, 0.3) is 0 Å². The van der Waals surface area contributed by atoms with Gasteiger partial charge in [-0.3, -0.25) is 9.69 Å². The Kier molecular flexibility index (Phi) is 3.18. The monoisotopic (exact) mass is 297 g/mol. The Labute approximate surface area is 128 Å². The molecule has 1 aliphatic heterocycles. The molecule has 1 atom stereocenters. The number of carbonyl (C=O) groups is 1. The lowest BCUT2D eigenvalue weighted by molar-refractivity contribution is -0.124. The minimum Gasteiger partial charge on any atom is -0.368 e. The maximum absolute atomic E-state index is 12.0. The van der Waals surface area contributed by atoms with Gasteiger partial charge in [0.1, 0.15) is 17.7 Å². The molecule has 1 aromatic heterocycles. The lowest BCUT2D eigenvalue weighted by atomic mass is 10.0. The zero-order valence-corrected chi connectivity index (χ0v) is 12.4. The Balaban J connectivity index is 1.61. The number of fused-ring (bicyclic) bond motifs is 1. The van der Waals surface area contributed by atoms with Gasteiger partial charge in [0.15, 0.2) is 0 Å². The molecule has 1 amide bonds. The molecule has 6 heteroatoms. The van der Waals surface area contributed by atoms with Crippen LogP contribution in [0.15, 0.2) is 30.3 Å². The standard InChI is InChI=1S/C16H19N5O/c17-15(22)14(11-4-2-1-3-5-11)20-8-9-21-13(10-20)18-19-16(21)12-6-7-12/h1-5,12,14H,6-10H2,(H2,17,22)/t14-/m1/s1. The predicted molar refractivity (Wildman–Crippen MR) is 80.8 cm³/mol. The highest BCUT2D eigenvalue weighted by Crippen LogP contribution is 2.40. The lowest BCUT2D eigenvalue weighted by Crippen LogP contribution is -2.42. The molecule has 1 aliphatic carbocycles. The maximum atomic E-state index is 12.0. The van der Waals surface area contributed by atoms with Crippen molar-refractivity contribution in [1.82, 2.24) is 19.7 Å². The zero-order valence-electron chi connectivity index (χ0n) is 12.4. The predicted octanol–water partition coefficient (Wildman–Crippen LogP) is 1.20. The number of aromatic nitrogens is 3. The van der Waals surface area contributed by atoms with E-state index < -0.39 is 6.04 Å². The van der Waals surface area contributed by atoms with Crippen LogP contribution >= 0.6 is 0 Å². The number of primary amides is 1. The van der Waals surface area contributed by atoms with Crippen LogP contribution < -0.4 is 5.73 Å². The van der Waals surface area contributed by atoms with E-state index >= 15 is 0 Å². The Morgan fingerprint density at radius 1 is 1.18 bits per heavy atom. The van der Waals surface area contributed by atoms with Crippen molar-refractivity contribution >= 4 is 5.91 Å². The first-order chi connectivity index (χ1) is 10.7. The van der Waals surface area contributed by atoms with Gasteiger partial charge in [0.25, 0.3) is 0 Å². The fourth-order valence-corrected chi connectivity index (χ4v) is 3.25.